The van der Waals surface area contributed by atoms with Crippen molar-refractivity contribution in [1.29, 1.82) is 0 Å². The molecule has 0 amide bonds. The average Bonchev–Trinajstić information content (AvgIpc) is 2.83. The Bertz CT molecular complexity index is 822. The molecule has 2 nitrogen and oxygen atoms in total. The Morgan fingerprint density at radius 2 is 1.64 bits per heavy atom. The fraction of sp³-hybridized carbons (Fsp3) is 0.250. The zero-order valence-corrected chi connectivity index (χ0v) is 14.0. The van der Waals surface area contributed by atoms with Crippen molar-refractivity contribution in [2.45, 2.75) is 25.4 Å². The van der Waals surface area contributed by atoms with Gasteiger partial charge < -0.3 is 4.90 Å². The zero-order valence-electron chi connectivity index (χ0n) is 14.0. The van der Waals surface area contributed by atoms with Crippen molar-refractivity contribution in [3.63, 3.8) is 0 Å². The number of Topliss-reactive ketones (excluding diaryl/α,β-unsaturated/α-hetero) is 1. The topological polar surface area (TPSA) is 20.3 Å². The second kappa shape index (κ2) is 6.06. The standard InChI is InChI=1S/C20H18F3NO/c1-19(2)13-24(17-11-7-6-10-16(17)19)12-15(18(25)20(21,22)23)14-8-4-3-5-9-14/h3-12H,13H2,1-2H3/b15-12-. The second-order valence-electron chi connectivity index (χ2n) is 6.76. The predicted molar refractivity (Wildman–Crippen MR) is 92.3 cm³/mol. The monoisotopic (exact) mass is 345 g/mol. The minimum atomic E-state index is -4.92. The second-order valence-corrected chi connectivity index (χ2v) is 6.76. The van der Waals surface area contributed by atoms with E-state index in [1.54, 1.807) is 23.1 Å². The zero-order chi connectivity index (χ0) is 18.2. The van der Waals surface area contributed by atoms with Gasteiger partial charge in [-0.05, 0) is 17.2 Å². The van der Waals surface area contributed by atoms with E-state index in [1.807, 2.05) is 38.1 Å². The SMILES string of the molecule is CC1(C)CN(/C=C(\C(=O)C(F)(F)F)c2ccccc2)c2ccccc21. The van der Waals surface area contributed by atoms with Gasteiger partial charge in [0.1, 0.15) is 0 Å². The molecule has 1 aliphatic rings. The third-order valence-electron chi connectivity index (χ3n) is 4.38. The van der Waals surface area contributed by atoms with Gasteiger partial charge in [0.2, 0.25) is 0 Å². The number of hydrogen-bond acceptors (Lipinski definition) is 2. The number of anilines is 1. The molecule has 2 aromatic carbocycles. The quantitative estimate of drug-likeness (QED) is 0.733. The lowest BCUT2D eigenvalue weighted by Gasteiger charge is -2.21. The highest BCUT2D eigenvalue weighted by atomic mass is 19.4. The normalized spacial score (nSPS) is 16.7. The molecular formula is C20H18F3NO. The molecule has 25 heavy (non-hydrogen) atoms. The van der Waals surface area contributed by atoms with Gasteiger partial charge in [0, 0.05) is 23.8 Å². The van der Waals surface area contributed by atoms with Crippen LogP contribution in [0.15, 0.2) is 60.8 Å². The highest BCUT2D eigenvalue weighted by Crippen LogP contribution is 2.41. The van der Waals surface area contributed by atoms with Crippen LogP contribution in [0.1, 0.15) is 25.0 Å². The van der Waals surface area contributed by atoms with Gasteiger partial charge in [-0.2, -0.15) is 13.2 Å². The summed E-state index contributed by atoms with van der Waals surface area (Å²) in [5, 5.41) is 0. The number of allylic oxidation sites excluding steroid dienone is 1. The summed E-state index contributed by atoms with van der Waals surface area (Å²) in [4.78, 5) is 13.7. The molecular weight excluding hydrogens is 327 g/mol. The summed E-state index contributed by atoms with van der Waals surface area (Å²) in [7, 11) is 0. The Morgan fingerprint density at radius 3 is 2.28 bits per heavy atom. The number of carbonyl (C=O) groups is 1. The number of fused-ring (bicyclic) bond motifs is 1. The van der Waals surface area contributed by atoms with Gasteiger partial charge in [-0.15, -0.1) is 0 Å². The lowest BCUT2D eigenvalue weighted by molar-refractivity contribution is -0.164. The van der Waals surface area contributed by atoms with E-state index in [-0.39, 0.29) is 16.6 Å². The van der Waals surface area contributed by atoms with Gasteiger partial charge in [0.15, 0.2) is 0 Å². The van der Waals surface area contributed by atoms with Crippen molar-refractivity contribution in [2.75, 3.05) is 11.4 Å². The molecule has 0 saturated heterocycles. The molecule has 0 radical (unpaired) electrons. The number of nitrogens with zero attached hydrogens (tertiary/aromatic N) is 1. The first-order valence-electron chi connectivity index (χ1n) is 7.95. The minimum Gasteiger partial charge on any atom is -0.346 e. The predicted octanol–water partition coefficient (Wildman–Crippen LogP) is 4.96. The van der Waals surface area contributed by atoms with Crippen molar-refractivity contribution in [2.24, 2.45) is 0 Å². The summed E-state index contributed by atoms with van der Waals surface area (Å²) < 4.78 is 39.3. The molecule has 3 rings (SSSR count). The van der Waals surface area contributed by atoms with E-state index in [0.717, 1.165) is 11.3 Å². The largest absolute Gasteiger partial charge is 0.454 e. The highest BCUT2D eigenvalue weighted by Gasteiger charge is 2.42. The van der Waals surface area contributed by atoms with Crippen LogP contribution in [0.4, 0.5) is 18.9 Å². The van der Waals surface area contributed by atoms with Crippen LogP contribution in [0.2, 0.25) is 0 Å². The minimum absolute atomic E-state index is 0.212. The van der Waals surface area contributed by atoms with Crippen LogP contribution in [0.25, 0.3) is 5.57 Å². The number of alkyl halides is 3. The first-order valence-corrected chi connectivity index (χ1v) is 7.95. The number of para-hydroxylation sites is 1. The van der Waals surface area contributed by atoms with E-state index >= 15 is 0 Å². The van der Waals surface area contributed by atoms with E-state index in [4.69, 9.17) is 0 Å². The third kappa shape index (κ3) is 3.31. The summed E-state index contributed by atoms with van der Waals surface area (Å²) in [5.41, 5.74) is 1.58. The van der Waals surface area contributed by atoms with E-state index < -0.39 is 12.0 Å². The number of rotatable bonds is 3. The van der Waals surface area contributed by atoms with Gasteiger partial charge in [0.25, 0.3) is 5.78 Å². The third-order valence-corrected chi connectivity index (χ3v) is 4.38. The van der Waals surface area contributed by atoms with E-state index in [9.17, 15) is 18.0 Å². The van der Waals surface area contributed by atoms with Crippen molar-refractivity contribution in [3.8, 4) is 0 Å². The molecule has 0 spiro atoms. The summed E-state index contributed by atoms with van der Waals surface area (Å²) in [5.74, 6) is -1.83. The van der Waals surface area contributed by atoms with Crippen LogP contribution in [0.5, 0.6) is 0 Å². The summed E-state index contributed by atoms with van der Waals surface area (Å²) in [6, 6.07) is 15.6. The molecule has 0 N–H and O–H groups in total. The molecule has 1 heterocycles. The Balaban J connectivity index is 2.11. The fourth-order valence-corrected chi connectivity index (χ4v) is 3.20. The van der Waals surface area contributed by atoms with Gasteiger partial charge in [-0.1, -0.05) is 62.4 Å². The van der Waals surface area contributed by atoms with Gasteiger partial charge in [-0.25, -0.2) is 0 Å². The van der Waals surface area contributed by atoms with Crippen molar-refractivity contribution < 1.29 is 18.0 Å². The molecule has 0 fully saturated rings. The van der Waals surface area contributed by atoms with Gasteiger partial charge in [0.05, 0.1) is 5.57 Å². The molecule has 2 aromatic rings. The maximum absolute atomic E-state index is 13.1. The Morgan fingerprint density at radius 1 is 1.04 bits per heavy atom. The van der Waals surface area contributed by atoms with E-state index in [1.165, 1.54) is 18.3 Å². The van der Waals surface area contributed by atoms with E-state index in [2.05, 4.69) is 0 Å². The first kappa shape index (κ1) is 17.3. The molecule has 1 aliphatic heterocycles. The number of carbonyl (C=O) groups excluding carboxylic acids is 1. The highest BCUT2D eigenvalue weighted by molar-refractivity contribution is 6.23. The summed E-state index contributed by atoms with van der Waals surface area (Å²) in [6.45, 7) is 4.58. The maximum Gasteiger partial charge on any atom is 0.454 e. The molecule has 0 aliphatic carbocycles. The smallest absolute Gasteiger partial charge is 0.346 e. The molecule has 0 bridgehead atoms. The van der Waals surface area contributed by atoms with Crippen molar-refractivity contribution in [3.05, 3.63) is 71.9 Å². The van der Waals surface area contributed by atoms with E-state index in [0.29, 0.717) is 6.54 Å². The first-order chi connectivity index (χ1) is 11.7. The van der Waals surface area contributed by atoms with Crippen LogP contribution in [-0.4, -0.2) is 18.5 Å². The number of hydrogen-bond donors (Lipinski definition) is 0. The van der Waals surface area contributed by atoms with Crippen LogP contribution in [0.3, 0.4) is 0 Å². The summed E-state index contributed by atoms with van der Waals surface area (Å²) in [6.07, 6.45) is -3.59. The Hall–Kier alpha value is -2.56. The lowest BCUT2D eigenvalue weighted by atomic mass is 9.87. The Labute approximate surface area is 144 Å². The van der Waals surface area contributed by atoms with Crippen molar-refractivity contribution in [1.82, 2.24) is 0 Å². The summed E-state index contributed by atoms with van der Waals surface area (Å²) >= 11 is 0. The maximum atomic E-state index is 13.1. The molecule has 130 valence electrons. The molecule has 0 aromatic heterocycles. The number of benzene rings is 2. The van der Waals surface area contributed by atoms with Crippen LogP contribution in [0, 0.1) is 0 Å². The van der Waals surface area contributed by atoms with Gasteiger partial charge >= 0.3 is 6.18 Å². The average molecular weight is 345 g/mol. The Kier molecular flexibility index (Phi) is 4.19. The number of halogens is 3. The van der Waals surface area contributed by atoms with Crippen LogP contribution < -0.4 is 4.90 Å². The lowest BCUT2D eigenvalue weighted by Crippen LogP contribution is -2.28. The molecule has 0 unspecified atom stereocenters. The molecule has 5 heteroatoms. The molecule has 0 saturated carbocycles. The molecule has 0 atom stereocenters. The number of ketones is 1. The van der Waals surface area contributed by atoms with Crippen molar-refractivity contribution >= 4 is 17.0 Å². The fourth-order valence-electron chi connectivity index (χ4n) is 3.20. The van der Waals surface area contributed by atoms with Crippen LogP contribution >= 0.6 is 0 Å². The van der Waals surface area contributed by atoms with Crippen LogP contribution in [-0.2, 0) is 10.2 Å². The van der Waals surface area contributed by atoms with Gasteiger partial charge in [-0.3, -0.25) is 4.79 Å².